The van der Waals surface area contributed by atoms with Crippen LogP contribution < -0.4 is 15.9 Å². The fourth-order valence-corrected chi connectivity index (χ4v) is 3.90. The Morgan fingerprint density at radius 1 is 1.19 bits per heavy atom. The summed E-state index contributed by atoms with van der Waals surface area (Å²) in [6, 6.07) is 11.5. The Morgan fingerprint density at radius 3 is 2.81 bits per heavy atom. The van der Waals surface area contributed by atoms with Crippen molar-refractivity contribution < 1.29 is 4.79 Å². The van der Waals surface area contributed by atoms with E-state index in [-0.39, 0.29) is 12.1 Å². The molecule has 1 atom stereocenters. The van der Waals surface area contributed by atoms with Crippen molar-refractivity contribution in [1.82, 2.24) is 15.3 Å². The quantitative estimate of drug-likeness (QED) is 0.838. The van der Waals surface area contributed by atoms with E-state index in [1.54, 1.807) is 29.2 Å². The largest absolute Gasteiger partial charge is 0.298 e. The van der Waals surface area contributed by atoms with Gasteiger partial charge in [0.1, 0.15) is 5.70 Å². The number of amides is 1. The molecule has 0 fully saturated rings. The second-order valence-electron chi connectivity index (χ2n) is 6.05. The van der Waals surface area contributed by atoms with Gasteiger partial charge in [0, 0.05) is 28.9 Å². The Labute approximate surface area is 155 Å². The summed E-state index contributed by atoms with van der Waals surface area (Å²) in [5.41, 5.74) is 1.49. The number of hydrogen-bond donors (Lipinski definition) is 1. The van der Waals surface area contributed by atoms with Gasteiger partial charge < -0.3 is 0 Å². The number of aromatic nitrogens is 1. The standard InChI is InChI=1S/C19H19N5OS/c1-2-3-12-26-19-22-18(25)16-14-6-4-5-7-15(14)21-17(24(16)23-19)13-8-10-20-11-9-13/h4-11,17H,2-3,12H2,1H3,(H,22,23,25). The fourth-order valence-electron chi connectivity index (χ4n) is 2.96. The summed E-state index contributed by atoms with van der Waals surface area (Å²) in [7, 11) is 0. The monoisotopic (exact) mass is 365 g/mol. The van der Waals surface area contributed by atoms with Gasteiger partial charge in [-0.15, -0.1) is 5.10 Å². The van der Waals surface area contributed by atoms with Crippen LogP contribution in [0.3, 0.4) is 0 Å². The number of amidine groups is 1. The highest BCUT2D eigenvalue weighted by molar-refractivity contribution is 8.13. The zero-order valence-electron chi connectivity index (χ0n) is 14.4. The number of para-hydroxylation sites is 1. The lowest BCUT2D eigenvalue weighted by Gasteiger charge is -2.34. The van der Waals surface area contributed by atoms with Crippen molar-refractivity contribution in [3.63, 3.8) is 0 Å². The van der Waals surface area contributed by atoms with Crippen LogP contribution in [-0.2, 0) is 4.79 Å². The zero-order valence-corrected chi connectivity index (χ0v) is 15.2. The lowest BCUT2D eigenvalue weighted by molar-refractivity contribution is -0.116. The minimum absolute atomic E-state index is 0.139. The summed E-state index contributed by atoms with van der Waals surface area (Å²) in [4.78, 5) is 21.8. The average Bonchev–Trinajstić information content (AvgIpc) is 2.68. The number of carbonyl (C=O) groups is 1. The molecule has 1 aromatic carbocycles. The number of hydrazone groups is 1. The Kier molecular flexibility index (Phi) is 4.71. The van der Waals surface area contributed by atoms with Gasteiger partial charge in [0.2, 0.25) is 0 Å². The van der Waals surface area contributed by atoms with Gasteiger partial charge in [0.25, 0.3) is 5.91 Å². The summed E-state index contributed by atoms with van der Waals surface area (Å²) >= 11 is 1.57. The highest BCUT2D eigenvalue weighted by atomic mass is 32.2. The summed E-state index contributed by atoms with van der Waals surface area (Å²) in [5.74, 6) is 0.785. The van der Waals surface area contributed by atoms with Crippen molar-refractivity contribution in [2.24, 2.45) is 10.1 Å². The van der Waals surface area contributed by atoms with Crippen molar-refractivity contribution in [3.05, 3.63) is 64.9 Å². The van der Waals surface area contributed by atoms with Crippen LogP contribution in [0.1, 0.15) is 31.5 Å². The molecule has 1 N–H and O–H groups in total. The molecule has 0 saturated carbocycles. The van der Waals surface area contributed by atoms with E-state index < -0.39 is 0 Å². The predicted octanol–water partition coefficient (Wildman–Crippen LogP) is 1.76. The third kappa shape index (κ3) is 3.10. The van der Waals surface area contributed by atoms with Crippen molar-refractivity contribution in [1.29, 1.82) is 0 Å². The number of nitrogens with one attached hydrogen (secondary N) is 1. The highest BCUT2D eigenvalue weighted by Gasteiger charge is 2.34. The van der Waals surface area contributed by atoms with Gasteiger partial charge in [-0.05, 0) is 24.6 Å². The molecule has 132 valence electrons. The van der Waals surface area contributed by atoms with E-state index in [0.717, 1.165) is 34.7 Å². The van der Waals surface area contributed by atoms with Crippen LogP contribution in [-0.4, -0.2) is 26.8 Å². The number of unbranched alkanes of at least 4 members (excludes halogenated alkanes) is 1. The first kappa shape index (κ1) is 16.8. The lowest BCUT2D eigenvalue weighted by Crippen LogP contribution is -2.50. The molecule has 3 heterocycles. The third-order valence-corrected chi connectivity index (χ3v) is 5.21. The first-order valence-corrected chi connectivity index (χ1v) is 9.65. The molecule has 0 bridgehead atoms. The topological polar surface area (TPSA) is 70.0 Å². The number of rotatable bonds is 4. The van der Waals surface area contributed by atoms with Crippen LogP contribution in [0.4, 0.5) is 0 Å². The van der Waals surface area contributed by atoms with Gasteiger partial charge in [-0.2, -0.15) is 0 Å². The van der Waals surface area contributed by atoms with Crippen molar-refractivity contribution in [2.45, 2.75) is 25.9 Å². The van der Waals surface area contributed by atoms with E-state index in [9.17, 15) is 4.79 Å². The number of fused-ring (bicyclic) bond motifs is 2. The molecule has 0 saturated heterocycles. The van der Waals surface area contributed by atoms with Crippen molar-refractivity contribution >= 4 is 28.5 Å². The van der Waals surface area contributed by atoms with Crippen LogP contribution in [0.5, 0.6) is 0 Å². The van der Waals surface area contributed by atoms with E-state index in [1.807, 2.05) is 36.4 Å². The first-order valence-electron chi connectivity index (χ1n) is 8.67. The van der Waals surface area contributed by atoms with Crippen LogP contribution in [0.15, 0.2) is 58.9 Å². The van der Waals surface area contributed by atoms with Gasteiger partial charge in [0.15, 0.2) is 11.3 Å². The SMILES string of the molecule is CCCCSC1=NN2C(=c3ccccc3=NC2c2ccncc2)C(=O)N1. The van der Waals surface area contributed by atoms with E-state index in [1.165, 1.54) is 0 Å². The maximum atomic E-state index is 12.9. The molecular weight excluding hydrogens is 346 g/mol. The first-order chi connectivity index (χ1) is 12.8. The van der Waals surface area contributed by atoms with Crippen molar-refractivity contribution in [3.8, 4) is 0 Å². The van der Waals surface area contributed by atoms with Crippen molar-refractivity contribution in [2.75, 3.05) is 5.75 Å². The minimum Gasteiger partial charge on any atom is -0.298 e. The van der Waals surface area contributed by atoms with Gasteiger partial charge in [-0.1, -0.05) is 43.3 Å². The van der Waals surface area contributed by atoms with E-state index in [2.05, 4.69) is 17.2 Å². The summed E-state index contributed by atoms with van der Waals surface area (Å²) < 4.78 is 0. The molecule has 6 nitrogen and oxygen atoms in total. The molecule has 4 rings (SSSR count). The van der Waals surface area contributed by atoms with E-state index in [4.69, 9.17) is 10.1 Å². The summed E-state index contributed by atoms with van der Waals surface area (Å²) in [6.45, 7) is 2.15. The molecule has 7 heteroatoms. The van der Waals surface area contributed by atoms with Gasteiger partial charge in [0.05, 0.1) is 5.36 Å². The highest BCUT2D eigenvalue weighted by Crippen LogP contribution is 2.30. The summed E-state index contributed by atoms with van der Waals surface area (Å²) in [6.07, 6.45) is 5.27. The van der Waals surface area contributed by atoms with Gasteiger partial charge >= 0.3 is 0 Å². The molecule has 2 aromatic rings. The Morgan fingerprint density at radius 2 is 2.00 bits per heavy atom. The number of pyridine rings is 1. The summed E-state index contributed by atoms with van der Waals surface area (Å²) in [5, 5.41) is 11.6. The average molecular weight is 365 g/mol. The van der Waals surface area contributed by atoms with E-state index >= 15 is 0 Å². The number of benzene rings is 1. The third-order valence-electron chi connectivity index (χ3n) is 4.26. The second kappa shape index (κ2) is 7.29. The van der Waals surface area contributed by atoms with Crippen LogP contribution >= 0.6 is 11.8 Å². The zero-order chi connectivity index (χ0) is 17.9. The molecule has 1 amide bonds. The van der Waals surface area contributed by atoms with Gasteiger partial charge in [-0.25, -0.2) is 5.01 Å². The molecular formula is C19H19N5OS. The molecule has 1 unspecified atom stereocenters. The molecule has 2 aliphatic heterocycles. The number of nitrogens with zero attached hydrogens (tertiary/aromatic N) is 4. The van der Waals surface area contributed by atoms with E-state index in [0.29, 0.717) is 10.9 Å². The molecule has 26 heavy (non-hydrogen) atoms. The Hall–Kier alpha value is -2.67. The van der Waals surface area contributed by atoms with Gasteiger partial charge in [-0.3, -0.25) is 20.1 Å². The molecule has 2 aliphatic rings. The van der Waals surface area contributed by atoms with Crippen LogP contribution in [0, 0.1) is 0 Å². The maximum Gasteiger partial charge on any atom is 0.276 e. The number of hydrogen-bond acceptors (Lipinski definition) is 6. The number of carbonyl (C=O) groups excluding carboxylic acids is 1. The Balaban J connectivity index is 1.83. The fraction of sp³-hybridized carbons (Fsp3) is 0.263. The molecule has 0 aliphatic carbocycles. The normalized spacial score (nSPS) is 18.4. The lowest BCUT2D eigenvalue weighted by atomic mass is 10.1. The minimum atomic E-state index is -0.379. The van der Waals surface area contributed by atoms with Crippen LogP contribution in [0.25, 0.3) is 5.70 Å². The molecule has 0 spiro atoms. The Bertz CT molecular complexity index is 973. The molecule has 1 aromatic heterocycles. The van der Waals surface area contributed by atoms with Crippen LogP contribution in [0.2, 0.25) is 0 Å². The smallest absolute Gasteiger partial charge is 0.276 e. The maximum absolute atomic E-state index is 12.9. The second-order valence-corrected chi connectivity index (χ2v) is 7.14. The predicted molar refractivity (Wildman–Crippen MR) is 102 cm³/mol. The number of thioether (sulfide) groups is 1. The molecule has 0 radical (unpaired) electrons.